The van der Waals surface area contributed by atoms with Gasteiger partial charge >= 0.3 is 0 Å². The molecular formula is C52H96O6. The average Bonchev–Trinajstić information content (AvgIpc) is 3.66. The summed E-state index contributed by atoms with van der Waals surface area (Å²) in [5.74, 6) is 4.80. The predicted molar refractivity (Wildman–Crippen MR) is 245 cm³/mol. The molecule has 0 radical (unpaired) electrons. The van der Waals surface area contributed by atoms with E-state index in [4.69, 9.17) is 23.7 Å². The maximum atomic E-state index is 9.72. The summed E-state index contributed by atoms with van der Waals surface area (Å²) in [7, 11) is 0. The van der Waals surface area contributed by atoms with E-state index in [1.54, 1.807) is 0 Å². The molecule has 1 aliphatic carbocycles. The van der Waals surface area contributed by atoms with Gasteiger partial charge in [-0.3, -0.25) is 0 Å². The highest BCUT2D eigenvalue weighted by Crippen LogP contribution is 2.36. The lowest BCUT2D eigenvalue weighted by Crippen LogP contribution is -2.27. The molecule has 58 heavy (non-hydrogen) atoms. The van der Waals surface area contributed by atoms with Gasteiger partial charge in [0.1, 0.15) is 12.2 Å². The third-order valence-corrected chi connectivity index (χ3v) is 12.6. The van der Waals surface area contributed by atoms with Crippen LogP contribution < -0.4 is 0 Å². The van der Waals surface area contributed by atoms with Crippen molar-refractivity contribution >= 4 is 0 Å². The Morgan fingerprint density at radius 1 is 0.500 bits per heavy atom. The highest BCUT2D eigenvalue weighted by atomic mass is 16.6. The predicted octanol–water partition coefficient (Wildman–Crippen LogP) is 13.8. The highest BCUT2D eigenvalue weighted by Gasteiger charge is 2.24. The van der Waals surface area contributed by atoms with E-state index in [9.17, 15) is 5.11 Å². The molecule has 6 atom stereocenters. The first-order valence-electron chi connectivity index (χ1n) is 24.9. The second kappa shape index (κ2) is 36.6. The number of aliphatic hydroxyl groups is 1. The Kier molecular flexibility index (Phi) is 33.5. The van der Waals surface area contributed by atoms with Crippen LogP contribution in [0.2, 0.25) is 0 Å². The highest BCUT2D eigenvalue weighted by molar-refractivity contribution is 5.13. The van der Waals surface area contributed by atoms with Crippen molar-refractivity contribution in [1.29, 1.82) is 0 Å². The van der Waals surface area contributed by atoms with Crippen molar-refractivity contribution in [1.82, 2.24) is 0 Å². The van der Waals surface area contributed by atoms with E-state index in [0.29, 0.717) is 38.3 Å². The van der Waals surface area contributed by atoms with Crippen LogP contribution in [0.25, 0.3) is 0 Å². The fourth-order valence-electron chi connectivity index (χ4n) is 8.57. The molecule has 340 valence electrons. The summed E-state index contributed by atoms with van der Waals surface area (Å²) in [4.78, 5) is 0. The molecule has 1 fully saturated rings. The van der Waals surface area contributed by atoms with Gasteiger partial charge in [-0.2, -0.15) is 0 Å². The van der Waals surface area contributed by atoms with Crippen LogP contribution in [0, 0.1) is 35.5 Å². The molecule has 1 aliphatic rings. The molecule has 6 nitrogen and oxygen atoms in total. The van der Waals surface area contributed by atoms with E-state index >= 15 is 0 Å². The third-order valence-electron chi connectivity index (χ3n) is 12.6. The van der Waals surface area contributed by atoms with Gasteiger partial charge in [0.25, 0.3) is 0 Å². The quantitative estimate of drug-likeness (QED) is 0.0664. The molecule has 0 spiro atoms. The van der Waals surface area contributed by atoms with E-state index in [1.165, 1.54) is 128 Å². The van der Waals surface area contributed by atoms with Crippen molar-refractivity contribution in [2.45, 2.75) is 208 Å². The molecule has 1 saturated carbocycles. The molecule has 2 rings (SSSR count). The molecule has 0 aromatic heterocycles. The van der Waals surface area contributed by atoms with Crippen molar-refractivity contribution in [3.8, 4) is 0 Å². The Morgan fingerprint density at radius 3 is 1.55 bits per heavy atom. The summed E-state index contributed by atoms with van der Waals surface area (Å²) in [6, 6.07) is 10.4. The van der Waals surface area contributed by atoms with Crippen LogP contribution in [0.1, 0.15) is 195 Å². The van der Waals surface area contributed by atoms with Crippen LogP contribution in [0.15, 0.2) is 30.3 Å². The molecule has 0 amide bonds. The van der Waals surface area contributed by atoms with Gasteiger partial charge in [0.15, 0.2) is 0 Å². The van der Waals surface area contributed by atoms with E-state index in [0.717, 1.165) is 75.8 Å². The minimum atomic E-state index is -0.181. The van der Waals surface area contributed by atoms with Crippen molar-refractivity contribution in [3.63, 3.8) is 0 Å². The molecule has 1 N–H and O–H groups in total. The van der Waals surface area contributed by atoms with Crippen LogP contribution in [0.5, 0.6) is 0 Å². The first-order valence-corrected chi connectivity index (χ1v) is 24.9. The standard InChI is InChI=1S/C52H96O6/c1-44(2)22-19-24-46(5)32-36-57-51(39-53)41-55-35-21-29-49-31-30-48(38-49)26-15-12-10-8-7-9-11-13-18-34-54-42-52(43-56-40-50-27-16-14-17-28-50)58-37-33-47(6)25-20-23-45(3)4/h14,16-17,27-28,44-49,51-53H,7-13,15,18-26,29-43H2,1-6H3/t46-,47-,48+,49-,51-,52+/m1/s1. The molecule has 0 aliphatic heterocycles. The van der Waals surface area contributed by atoms with Crippen LogP contribution in [-0.2, 0) is 30.3 Å². The Morgan fingerprint density at radius 2 is 0.983 bits per heavy atom. The number of unbranched alkanes of at least 4 members (excludes halogenated alkanes) is 8. The monoisotopic (exact) mass is 817 g/mol. The van der Waals surface area contributed by atoms with Gasteiger partial charge in [0.2, 0.25) is 0 Å². The number of rotatable bonds is 41. The van der Waals surface area contributed by atoms with Gasteiger partial charge in [-0.1, -0.05) is 181 Å². The number of hydrogen-bond acceptors (Lipinski definition) is 6. The number of aliphatic hydroxyl groups excluding tert-OH is 1. The SMILES string of the molecule is CC(C)CCC[C@@H](C)CCO[C@@H](COCCCCCCCCCCC[C@H]1CC[C@@H](CCCOC[C@@H](CO)OCC[C@H](C)CCCC(C)C)C1)COCc1ccccc1. The summed E-state index contributed by atoms with van der Waals surface area (Å²) in [5.41, 5.74) is 1.20. The lowest BCUT2D eigenvalue weighted by atomic mass is 9.96. The van der Waals surface area contributed by atoms with Gasteiger partial charge in [0.05, 0.1) is 33.0 Å². The molecule has 0 saturated heterocycles. The van der Waals surface area contributed by atoms with E-state index in [2.05, 4.69) is 65.8 Å². The Labute approximate surface area is 360 Å². The van der Waals surface area contributed by atoms with Crippen molar-refractivity contribution in [3.05, 3.63) is 35.9 Å². The van der Waals surface area contributed by atoms with E-state index in [-0.39, 0.29) is 18.8 Å². The zero-order valence-electron chi connectivity index (χ0n) is 39.1. The zero-order valence-corrected chi connectivity index (χ0v) is 39.1. The topological polar surface area (TPSA) is 66.4 Å². The maximum absolute atomic E-state index is 9.72. The zero-order chi connectivity index (χ0) is 41.9. The van der Waals surface area contributed by atoms with Gasteiger partial charge in [-0.05, 0) is 79.6 Å². The normalized spacial score (nSPS) is 18.0. The van der Waals surface area contributed by atoms with Gasteiger partial charge in [-0.25, -0.2) is 0 Å². The molecule has 0 bridgehead atoms. The Hall–Kier alpha value is -1.02. The average molecular weight is 817 g/mol. The number of ether oxygens (including phenoxy) is 5. The molecule has 1 aromatic carbocycles. The number of benzene rings is 1. The first-order chi connectivity index (χ1) is 28.2. The van der Waals surface area contributed by atoms with Gasteiger partial charge in [0, 0.05) is 26.4 Å². The van der Waals surface area contributed by atoms with E-state index < -0.39 is 0 Å². The first kappa shape index (κ1) is 53.1. The molecular weight excluding hydrogens is 721 g/mol. The minimum absolute atomic E-state index is 0.00211. The molecule has 0 unspecified atom stereocenters. The summed E-state index contributed by atoms with van der Waals surface area (Å²) in [6.07, 6.45) is 30.0. The summed E-state index contributed by atoms with van der Waals surface area (Å²) in [5, 5.41) is 9.72. The summed E-state index contributed by atoms with van der Waals surface area (Å²) >= 11 is 0. The molecule has 1 aromatic rings. The fourth-order valence-corrected chi connectivity index (χ4v) is 8.57. The smallest absolute Gasteiger partial charge is 0.104 e. The molecule has 6 heteroatoms. The van der Waals surface area contributed by atoms with Crippen molar-refractivity contribution in [2.24, 2.45) is 35.5 Å². The summed E-state index contributed by atoms with van der Waals surface area (Å²) < 4.78 is 30.3. The second-order valence-electron chi connectivity index (χ2n) is 19.4. The van der Waals surface area contributed by atoms with Crippen LogP contribution in [-0.4, -0.2) is 70.2 Å². The second-order valence-corrected chi connectivity index (χ2v) is 19.4. The Balaban J connectivity index is 1.40. The maximum Gasteiger partial charge on any atom is 0.104 e. The van der Waals surface area contributed by atoms with Gasteiger partial charge in [-0.15, -0.1) is 0 Å². The lowest BCUT2D eigenvalue weighted by molar-refractivity contribution is -0.0662. The van der Waals surface area contributed by atoms with Crippen LogP contribution >= 0.6 is 0 Å². The van der Waals surface area contributed by atoms with E-state index in [1.807, 2.05) is 6.07 Å². The van der Waals surface area contributed by atoms with Crippen molar-refractivity contribution in [2.75, 3.05) is 52.9 Å². The minimum Gasteiger partial charge on any atom is -0.394 e. The largest absolute Gasteiger partial charge is 0.394 e. The summed E-state index contributed by atoms with van der Waals surface area (Å²) in [6.45, 7) is 19.4. The Bertz CT molecular complexity index is 1000. The fraction of sp³-hybridized carbons (Fsp3) is 0.885. The molecule has 0 heterocycles. The van der Waals surface area contributed by atoms with Crippen LogP contribution in [0.4, 0.5) is 0 Å². The third kappa shape index (κ3) is 30.9. The van der Waals surface area contributed by atoms with Gasteiger partial charge < -0.3 is 28.8 Å². The van der Waals surface area contributed by atoms with Crippen LogP contribution in [0.3, 0.4) is 0 Å². The lowest BCUT2D eigenvalue weighted by Gasteiger charge is -2.20. The number of hydrogen-bond donors (Lipinski definition) is 1. The van der Waals surface area contributed by atoms with Crippen molar-refractivity contribution < 1.29 is 28.8 Å².